The van der Waals surface area contributed by atoms with Crippen LogP contribution < -0.4 is 5.73 Å². The van der Waals surface area contributed by atoms with Crippen LogP contribution in [0.15, 0.2) is 16.1 Å². The predicted molar refractivity (Wildman–Crippen MR) is 59.3 cm³/mol. The van der Waals surface area contributed by atoms with Crippen LogP contribution in [-0.4, -0.2) is 0 Å². The van der Waals surface area contributed by atoms with E-state index in [0.717, 1.165) is 17.1 Å². The average Bonchev–Trinajstić information content (AvgIpc) is 2.25. The Morgan fingerprint density at radius 1 is 1.21 bits per heavy atom. The van der Waals surface area contributed by atoms with Crippen molar-refractivity contribution in [3.63, 3.8) is 0 Å². The van der Waals surface area contributed by atoms with Gasteiger partial charge in [0.2, 0.25) is 0 Å². The fraction of sp³-hybridized carbons (Fsp3) is 0.500. The Morgan fingerprint density at radius 2 is 1.79 bits per heavy atom. The third-order valence-electron chi connectivity index (χ3n) is 2.46. The Hall–Kier alpha value is -1.02. The standard InChI is InChI=1S/C12H19NO/c1-7(2)6-11(13)12-8(3)9(4)14-10(12)5/h6,11H,13H2,1-5H3. The molecule has 1 aromatic rings. The summed E-state index contributed by atoms with van der Waals surface area (Å²) in [7, 11) is 0. The van der Waals surface area contributed by atoms with Crippen molar-refractivity contribution in [3.05, 3.63) is 34.3 Å². The van der Waals surface area contributed by atoms with Gasteiger partial charge in [0.05, 0.1) is 6.04 Å². The molecule has 1 atom stereocenters. The Kier molecular flexibility index (Phi) is 3.17. The summed E-state index contributed by atoms with van der Waals surface area (Å²) in [5, 5.41) is 0. The second kappa shape index (κ2) is 4.01. The van der Waals surface area contributed by atoms with Gasteiger partial charge in [-0.05, 0) is 40.2 Å². The van der Waals surface area contributed by atoms with Crippen LogP contribution in [0.5, 0.6) is 0 Å². The maximum Gasteiger partial charge on any atom is 0.106 e. The summed E-state index contributed by atoms with van der Waals surface area (Å²) in [6.07, 6.45) is 2.06. The van der Waals surface area contributed by atoms with Gasteiger partial charge in [-0.25, -0.2) is 0 Å². The van der Waals surface area contributed by atoms with E-state index >= 15 is 0 Å². The third-order valence-corrected chi connectivity index (χ3v) is 2.46. The fourth-order valence-corrected chi connectivity index (χ4v) is 1.74. The van der Waals surface area contributed by atoms with Crippen LogP contribution in [0.2, 0.25) is 0 Å². The lowest BCUT2D eigenvalue weighted by Gasteiger charge is -2.07. The molecule has 2 N–H and O–H groups in total. The summed E-state index contributed by atoms with van der Waals surface area (Å²) < 4.78 is 5.54. The molecule has 0 amide bonds. The summed E-state index contributed by atoms with van der Waals surface area (Å²) in [6, 6.07) is -0.0440. The maximum absolute atomic E-state index is 6.07. The minimum Gasteiger partial charge on any atom is -0.466 e. The predicted octanol–water partition coefficient (Wildman–Crippen LogP) is 3.17. The quantitative estimate of drug-likeness (QED) is 0.733. The zero-order valence-corrected chi connectivity index (χ0v) is 9.64. The van der Waals surface area contributed by atoms with Gasteiger partial charge in [0, 0.05) is 5.56 Å². The molecule has 0 spiro atoms. The molecule has 0 aliphatic rings. The van der Waals surface area contributed by atoms with Crippen molar-refractivity contribution >= 4 is 0 Å². The van der Waals surface area contributed by atoms with Gasteiger partial charge in [0.1, 0.15) is 11.5 Å². The molecule has 78 valence electrons. The normalized spacial score (nSPS) is 12.7. The van der Waals surface area contributed by atoms with Gasteiger partial charge in [-0.2, -0.15) is 0 Å². The molecule has 0 aliphatic heterocycles. The SMILES string of the molecule is CC(C)=CC(N)c1c(C)oc(C)c1C. The first-order valence-corrected chi connectivity index (χ1v) is 4.90. The Balaban J connectivity index is 3.12. The van der Waals surface area contributed by atoms with Crippen molar-refractivity contribution in [2.45, 2.75) is 40.7 Å². The summed E-state index contributed by atoms with van der Waals surface area (Å²) in [5.74, 6) is 1.90. The first-order chi connectivity index (χ1) is 6.43. The second-order valence-corrected chi connectivity index (χ2v) is 4.02. The highest BCUT2D eigenvalue weighted by Crippen LogP contribution is 2.26. The monoisotopic (exact) mass is 193 g/mol. The minimum atomic E-state index is -0.0440. The first kappa shape index (κ1) is 11.1. The molecule has 14 heavy (non-hydrogen) atoms. The van der Waals surface area contributed by atoms with Gasteiger partial charge in [0.15, 0.2) is 0 Å². The molecule has 0 fully saturated rings. The van der Waals surface area contributed by atoms with Crippen molar-refractivity contribution < 1.29 is 4.42 Å². The summed E-state index contributed by atoms with van der Waals surface area (Å²) in [5.41, 5.74) is 9.61. The molecule has 0 aromatic carbocycles. The van der Waals surface area contributed by atoms with E-state index in [1.807, 2.05) is 13.8 Å². The van der Waals surface area contributed by atoms with E-state index in [-0.39, 0.29) is 6.04 Å². The van der Waals surface area contributed by atoms with E-state index in [0.29, 0.717) is 0 Å². The average molecular weight is 193 g/mol. The highest BCUT2D eigenvalue weighted by Gasteiger charge is 2.15. The first-order valence-electron chi connectivity index (χ1n) is 4.90. The topological polar surface area (TPSA) is 39.2 Å². The molecule has 2 heteroatoms. The number of hydrogen-bond acceptors (Lipinski definition) is 2. The van der Waals surface area contributed by atoms with E-state index < -0.39 is 0 Å². The van der Waals surface area contributed by atoms with Crippen LogP contribution in [0.4, 0.5) is 0 Å². The molecule has 0 saturated heterocycles. The van der Waals surface area contributed by atoms with Crippen LogP contribution in [-0.2, 0) is 0 Å². The van der Waals surface area contributed by atoms with Gasteiger partial charge in [-0.1, -0.05) is 11.6 Å². The molecule has 0 aliphatic carbocycles. The van der Waals surface area contributed by atoms with Gasteiger partial charge in [-0.15, -0.1) is 0 Å². The molecule has 0 radical (unpaired) electrons. The fourth-order valence-electron chi connectivity index (χ4n) is 1.74. The van der Waals surface area contributed by atoms with E-state index in [2.05, 4.69) is 26.8 Å². The Morgan fingerprint density at radius 3 is 2.14 bits per heavy atom. The van der Waals surface area contributed by atoms with Crippen molar-refractivity contribution in [1.82, 2.24) is 0 Å². The van der Waals surface area contributed by atoms with Crippen molar-refractivity contribution in [1.29, 1.82) is 0 Å². The largest absolute Gasteiger partial charge is 0.466 e. The van der Waals surface area contributed by atoms with E-state index in [4.69, 9.17) is 10.2 Å². The molecule has 1 aromatic heterocycles. The lowest BCUT2D eigenvalue weighted by Crippen LogP contribution is -2.09. The third kappa shape index (κ3) is 2.07. The van der Waals surface area contributed by atoms with Crippen LogP contribution in [0.25, 0.3) is 0 Å². The molecular formula is C12H19NO. The van der Waals surface area contributed by atoms with Gasteiger partial charge in [-0.3, -0.25) is 0 Å². The molecule has 1 unspecified atom stereocenters. The summed E-state index contributed by atoms with van der Waals surface area (Å²) >= 11 is 0. The highest BCUT2D eigenvalue weighted by molar-refractivity contribution is 5.36. The zero-order chi connectivity index (χ0) is 10.9. The molecule has 0 saturated carbocycles. The highest BCUT2D eigenvalue weighted by atomic mass is 16.3. The molecular weight excluding hydrogens is 174 g/mol. The van der Waals surface area contributed by atoms with Gasteiger partial charge < -0.3 is 10.2 Å². The number of rotatable bonds is 2. The number of hydrogen-bond donors (Lipinski definition) is 1. The van der Waals surface area contributed by atoms with Crippen molar-refractivity contribution in [2.24, 2.45) is 5.73 Å². The van der Waals surface area contributed by atoms with Crippen LogP contribution in [0.1, 0.15) is 42.5 Å². The lowest BCUT2D eigenvalue weighted by atomic mass is 10.0. The Labute approximate surface area is 85.8 Å². The zero-order valence-electron chi connectivity index (χ0n) is 9.64. The number of allylic oxidation sites excluding steroid dienone is 1. The van der Waals surface area contributed by atoms with Crippen molar-refractivity contribution in [2.75, 3.05) is 0 Å². The molecule has 1 heterocycles. The van der Waals surface area contributed by atoms with Crippen LogP contribution in [0.3, 0.4) is 0 Å². The van der Waals surface area contributed by atoms with E-state index in [1.165, 1.54) is 11.1 Å². The smallest absolute Gasteiger partial charge is 0.106 e. The summed E-state index contributed by atoms with van der Waals surface area (Å²) in [6.45, 7) is 10.1. The lowest BCUT2D eigenvalue weighted by molar-refractivity contribution is 0.498. The van der Waals surface area contributed by atoms with E-state index in [1.54, 1.807) is 0 Å². The molecule has 1 rings (SSSR count). The number of nitrogens with two attached hydrogens (primary N) is 1. The molecule has 0 bridgehead atoms. The Bertz CT molecular complexity index is 357. The number of aryl methyl sites for hydroxylation is 2. The van der Waals surface area contributed by atoms with Gasteiger partial charge >= 0.3 is 0 Å². The minimum absolute atomic E-state index is 0.0440. The van der Waals surface area contributed by atoms with Crippen molar-refractivity contribution in [3.8, 4) is 0 Å². The second-order valence-electron chi connectivity index (χ2n) is 4.02. The number of furan rings is 1. The van der Waals surface area contributed by atoms with Crippen LogP contribution in [0, 0.1) is 20.8 Å². The maximum atomic E-state index is 6.07. The van der Waals surface area contributed by atoms with Crippen LogP contribution >= 0.6 is 0 Å². The summed E-state index contributed by atoms with van der Waals surface area (Å²) in [4.78, 5) is 0. The van der Waals surface area contributed by atoms with E-state index in [9.17, 15) is 0 Å². The molecule has 2 nitrogen and oxygen atoms in total. The van der Waals surface area contributed by atoms with Gasteiger partial charge in [0.25, 0.3) is 0 Å².